The lowest BCUT2D eigenvalue weighted by Crippen LogP contribution is -2.42. The van der Waals surface area contributed by atoms with Crippen molar-refractivity contribution in [1.29, 1.82) is 0 Å². The van der Waals surface area contributed by atoms with Crippen LogP contribution in [0.4, 0.5) is 10.5 Å². The normalized spacial score (nSPS) is 19.1. The summed E-state index contributed by atoms with van der Waals surface area (Å²) in [4.78, 5) is 26.6. The number of piperidine rings is 1. The Bertz CT molecular complexity index is 779. The molecule has 7 heteroatoms. The molecule has 3 rings (SSSR count). The third-order valence-electron chi connectivity index (χ3n) is 5.31. The van der Waals surface area contributed by atoms with Gasteiger partial charge in [0.2, 0.25) is 5.91 Å². The summed E-state index contributed by atoms with van der Waals surface area (Å²) < 4.78 is 17.0. The van der Waals surface area contributed by atoms with E-state index in [1.807, 2.05) is 46.8 Å². The van der Waals surface area contributed by atoms with E-state index in [4.69, 9.17) is 14.2 Å². The monoisotopic (exact) mass is 418 g/mol. The number of benzene rings is 1. The molecule has 2 amide bonds. The molecule has 2 heterocycles. The number of carbonyl (C=O) groups is 2. The third kappa shape index (κ3) is 5.80. The molecule has 1 unspecified atom stereocenters. The predicted octanol–water partition coefficient (Wildman–Crippen LogP) is 4.38. The molecule has 0 saturated carbocycles. The molecule has 1 aromatic rings. The molecular weight excluding hydrogens is 384 g/mol. The van der Waals surface area contributed by atoms with Crippen LogP contribution in [0.2, 0.25) is 0 Å². The highest BCUT2D eigenvalue weighted by Crippen LogP contribution is 2.38. The van der Waals surface area contributed by atoms with Crippen molar-refractivity contribution in [3.63, 3.8) is 0 Å². The Labute approximate surface area is 179 Å². The molecule has 0 spiro atoms. The number of hydrogen-bond acceptors (Lipinski definition) is 5. The molecule has 7 nitrogen and oxygen atoms in total. The molecule has 1 fully saturated rings. The van der Waals surface area contributed by atoms with Crippen molar-refractivity contribution in [2.45, 2.75) is 72.0 Å². The van der Waals surface area contributed by atoms with Crippen LogP contribution in [0.5, 0.6) is 11.5 Å². The topological polar surface area (TPSA) is 77.1 Å². The maximum absolute atomic E-state index is 12.7. The van der Waals surface area contributed by atoms with Gasteiger partial charge < -0.3 is 24.4 Å². The quantitative estimate of drug-likeness (QED) is 0.768. The molecular formula is C23H34N2O5. The average Bonchev–Trinajstić information content (AvgIpc) is 3.00. The van der Waals surface area contributed by atoms with Gasteiger partial charge in [-0.25, -0.2) is 4.79 Å². The van der Waals surface area contributed by atoms with Crippen LogP contribution in [0.25, 0.3) is 0 Å². The van der Waals surface area contributed by atoms with Crippen LogP contribution in [-0.4, -0.2) is 48.3 Å². The van der Waals surface area contributed by atoms with Crippen molar-refractivity contribution in [1.82, 2.24) is 4.90 Å². The summed E-state index contributed by atoms with van der Waals surface area (Å²) in [5.74, 6) is 1.69. The summed E-state index contributed by atoms with van der Waals surface area (Å²) in [6, 6.07) is 3.84. The van der Waals surface area contributed by atoms with Crippen molar-refractivity contribution in [3.8, 4) is 11.5 Å². The number of fused-ring (bicyclic) bond motifs is 1. The molecule has 166 valence electrons. The van der Waals surface area contributed by atoms with Crippen LogP contribution in [0, 0.1) is 5.92 Å². The number of nitrogens with one attached hydrogen (secondary N) is 1. The van der Waals surface area contributed by atoms with Crippen molar-refractivity contribution < 1.29 is 23.8 Å². The highest BCUT2D eigenvalue weighted by molar-refractivity contribution is 5.93. The van der Waals surface area contributed by atoms with Gasteiger partial charge in [-0.15, -0.1) is 0 Å². The minimum absolute atomic E-state index is 0.0438. The smallest absolute Gasteiger partial charge is 0.410 e. The number of hydrogen-bond donors (Lipinski definition) is 1. The molecule has 1 aromatic carbocycles. The molecule has 0 aromatic heterocycles. The fraction of sp³-hybridized carbons (Fsp3) is 0.652. The second kappa shape index (κ2) is 9.14. The van der Waals surface area contributed by atoms with Crippen LogP contribution in [-0.2, 0) is 16.0 Å². The van der Waals surface area contributed by atoms with Crippen molar-refractivity contribution in [3.05, 3.63) is 17.7 Å². The van der Waals surface area contributed by atoms with Gasteiger partial charge in [0.05, 0.1) is 12.3 Å². The lowest BCUT2D eigenvalue weighted by atomic mass is 9.93. The van der Waals surface area contributed by atoms with E-state index < -0.39 is 5.60 Å². The van der Waals surface area contributed by atoms with E-state index in [1.165, 1.54) is 0 Å². The average molecular weight is 419 g/mol. The van der Waals surface area contributed by atoms with E-state index in [2.05, 4.69) is 5.32 Å². The Morgan fingerprint density at radius 2 is 1.93 bits per heavy atom. The molecule has 2 aliphatic rings. The Kier molecular flexibility index (Phi) is 6.78. The number of amides is 2. The van der Waals surface area contributed by atoms with Gasteiger partial charge in [-0.05, 0) is 59.4 Å². The van der Waals surface area contributed by atoms with Gasteiger partial charge >= 0.3 is 6.09 Å². The van der Waals surface area contributed by atoms with E-state index in [0.717, 1.165) is 30.6 Å². The summed E-state index contributed by atoms with van der Waals surface area (Å²) in [5, 5.41) is 3.00. The van der Waals surface area contributed by atoms with Crippen LogP contribution >= 0.6 is 0 Å². The van der Waals surface area contributed by atoms with Gasteiger partial charge in [-0.2, -0.15) is 0 Å². The zero-order valence-corrected chi connectivity index (χ0v) is 18.7. The number of likely N-dealkylation sites (tertiary alicyclic amines) is 1. The molecule has 0 bridgehead atoms. The van der Waals surface area contributed by atoms with E-state index in [9.17, 15) is 9.59 Å². The first kappa shape index (κ1) is 22.2. The fourth-order valence-corrected chi connectivity index (χ4v) is 3.92. The van der Waals surface area contributed by atoms with Gasteiger partial charge in [0.1, 0.15) is 23.2 Å². The molecule has 1 N–H and O–H groups in total. The summed E-state index contributed by atoms with van der Waals surface area (Å²) in [6.07, 6.45) is 2.70. The summed E-state index contributed by atoms with van der Waals surface area (Å²) >= 11 is 0. The van der Waals surface area contributed by atoms with Crippen LogP contribution in [0.15, 0.2) is 12.1 Å². The molecule has 2 aliphatic heterocycles. The molecule has 1 atom stereocenters. The largest absolute Gasteiger partial charge is 0.492 e. The Balaban J connectivity index is 1.54. The maximum Gasteiger partial charge on any atom is 0.410 e. The van der Waals surface area contributed by atoms with Gasteiger partial charge in [0, 0.05) is 37.6 Å². The summed E-state index contributed by atoms with van der Waals surface area (Å²) in [5.41, 5.74) is 1.27. The number of nitrogens with zero attached hydrogens (tertiary/aromatic N) is 1. The molecule has 1 saturated heterocycles. The minimum atomic E-state index is -0.497. The summed E-state index contributed by atoms with van der Waals surface area (Å²) in [7, 11) is 0. The first-order valence-corrected chi connectivity index (χ1v) is 10.9. The lowest BCUT2D eigenvalue weighted by Gasteiger charge is -2.33. The standard InChI is InChI=1S/C23H34N2O5/c1-6-28-20-13-17-11-15(2)29-19(17)14-18(20)24-21(26)12-16-7-9-25(10-8-16)22(27)30-23(3,4)5/h13-16H,6-12H2,1-5H3,(H,24,26). The van der Waals surface area contributed by atoms with E-state index in [-0.39, 0.29) is 24.0 Å². The highest BCUT2D eigenvalue weighted by atomic mass is 16.6. The Morgan fingerprint density at radius 3 is 2.57 bits per heavy atom. The summed E-state index contributed by atoms with van der Waals surface area (Å²) in [6.45, 7) is 11.3. The fourth-order valence-electron chi connectivity index (χ4n) is 3.92. The van der Waals surface area contributed by atoms with E-state index >= 15 is 0 Å². The first-order chi connectivity index (χ1) is 14.1. The van der Waals surface area contributed by atoms with Crippen LogP contribution in [0.3, 0.4) is 0 Å². The van der Waals surface area contributed by atoms with Crippen molar-refractivity contribution in [2.75, 3.05) is 25.0 Å². The Hall–Kier alpha value is -2.44. The predicted molar refractivity (Wildman–Crippen MR) is 115 cm³/mol. The second-order valence-electron chi connectivity index (χ2n) is 9.18. The molecule has 0 aliphatic carbocycles. The number of rotatable bonds is 5. The van der Waals surface area contributed by atoms with Crippen LogP contribution < -0.4 is 14.8 Å². The second-order valence-corrected chi connectivity index (χ2v) is 9.18. The lowest BCUT2D eigenvalue weighted by molar-refractivity contribution is -0.117. The number of carbonyl (C=O) groups excluding carboxylic acids is 2. The van der Waals surface area contributed by atoms with Gasteiger partial charge in [-0.3, -0.25) is 4.79 Å². The number of ether oxygens (including phenoxy) is 3. The number of anilines is 1. The zero-order chi connectivity index (χ0) is 21.9. The molecule has 30 heavy (non-hydrogen) atoms. The maximum atomic E-state index is 12.7. The van der Waals surface area contributed by atoms with E-state index in [1.54, 1.807) is 4.90 Å². The van der Waals surface area contributed by atoms with Crippen LogP contribution in [0.1, 0.15) is 59.4 Å². The van der Waals surface area contributed by atoms with Crippen molar-refractivity contribution >= 4 is 17.7 Å². The van der Waals surface area contributed by atoms with Gasteiger partial charge in [-0.1, -0.05) is 0 Å². The van der Waals surface area contributed by atoms with Gasteiger partial charge in [0.15, 0.2) is 0 Å². The molecule has 0 radical (unpaired) electrons. The third-order valence-corrected chi connectivity index (χ3v) is 5.31. The zero-order valence-electron chi connectivity index (χ0n) is 18.7. The van der Waals surface area contributed by atoms with Gasteiger partial charge in [0.25, 0.3) is 0 Å². The first-order valence-electron chi connectivity index (χ1n) is 10.9. The Morgan fingerprint density at radius 1 is 1.23 bits per heavy atom. The van der Waals surface area contributed by atoms with E-state index in [0.29, 0.717) is 37.6 Å². The highest BCUT2D eigenvalue weighted by Gasteiger charge is 2.28. The minimum Gasteiger partial charge on any atom is -0.492 e. The van der Waals surface area contributed by atoms with Crippen molar-refractivity contribution in [2.24, 2.45) is 5.92 Å². The SMILES string of the molecule is CCOc1cc2c(cc1NC(=O)CC1CCN(C(=O)OC(C)(C)C)CC1)OC(C)C2.